The summed E-state index contributed by atoms with van der Waals surface area (Å²) in [4.78, 5) is 190. The number of amides is 12. The lowest BCUT2D eigenvalue weighted by molar-refractivity contribution is -0.148. The maximum Gasteiger partial charge on any atom is 0.407 e. The molecule has 754 valence electrons. The highest BCUT2D eigenvalue weighted by atomic mass is 32.2. The van der Waals surface area contributed by atoms with Crippen molar-refractivity contribution in [1.82, 2.24) is 63.8 Å². The van der Waals surface area contributed by atoms with Crippen LogP contribution in [0.15, 0.2) is 11.6 Å². The lowest BCUT2D eigenvalue weighted by Crippen LogP contribution is -2.50. The molecule has 1 aliphatic rings. The molecule has 0 saturated carbocycles. The van der Waals surface area contributed by atoms with Crippen LogP contribution in [-0.2, 0) is 124 Å². The number of nitrogens with one attached hydrogen (secondary N) is 12. The molecular formula is C80H147N13O36S. The van der Waals surface area contributed by atoms with Crippen molar-refractivity contribution in [2.24, 2.45) is 16.7 Å². The molecule has 0 radical (unpaired) electrons. The summed E-state index contributed by atoms with van der Waals surface area (Å²) in [5.74, 6) is 4.88. The van der Waals surface area contributed by atoms with Crippen LogP contribution in [0.1, 0.15) is 116 Å². The fourth-order valence-electron chi connectivity index (χ4n) is 10.8. The predicted molar refractivity (Wildman–Crippen MR) is 468 cm³/mol. The number of Topliss-reactive ketones (excluding diaryl/α,β-unsaturated/α-hetero) is 3. The van der Waals surface area contributed by atoms with E-state index in [9.17, 15) is 76.7 Å². The third-order valence-electron chi connectivity index (χ3n) is 17.4. The van der Waals surface area contributed by atoms with Gasteiger partial charge in [-0.1, -0.05) is 6.92 Å². The first-order valence-corrected chi connectivity index (χ1v) is 43.0. The SMILES string of the molecule is CCC(=O)OCC(COC(=O)NC)(COC(=O)NC)CSCCCC(=O)COC.CNC(=O)OCCCC(CCCOC(=O)NC)(CCCOC(=O)NC)CC(=O)COC.CNC(=O)O[C@@H]1[C@H](OC(=O)NC)C=C(C(=O)CCCON)C[C@H]1OC(=O)NC.COCCCCNC(=O)COC(CNC(=O)OC)CNC(=O)OC.COCCCCNC(=O)COC(COC)COC. The molecule has 14 N–H and O–H groups in total. The van der Waals surface area contributed by atoms with Gasteiger partial charge in [0, 0.05) is 176 Å². The Morgan fingerprint density at radius 2 is 0.838 bits per heavy atom. The molecule has 130 heavy (non-hydrogen) atoms. The standard InChI is InChI=1S/C20H37N3O8.C18H32N2O8S.C16H26N4O8.C14H27N3O7.C12H25NO5/c1-21-17(25)29-11-5-8-20(14-16(24)15-28-4,9-6-12-30-18(26)22-2)10-7-13-31-19(27)23-3;1-5-15(22)26-10-18(11-27-16(23)19-2,12-28-17(24)20-3)13-29-8-6-7-14(21)9-25-4;1-18-14(22)26-11-7-9(10(21)5-4-6-25-17)8-12(27-15(23)19-2)13(11)28-16(24)20-3;1-21-7-5-4-6-15-12(18)10-24-11(8-16-13(19)22-2)9-17-14(20)23-3;1-15-7-5-4-6-13-12(14)10-18-11(8-16-2)9-17-3/h5-15H2,1-4H3,(H,21,25)(H,22,26)(H,23,27);5-13H2,1-4H3,(H,19,23)(H,20,24);7,11-13H,4-6,8,17H2,1-3H3,(H,18,22)(H,19,23)(H,20,24);11H,4-10H2,1-3H3,(H,15,18)(H,16,19)(H,17,20);11H,4-10H2,1-3H3,(H,13,14)/t;;11-,12-,13-;;/m..1../s1. The van der Waals surface area contributed by atoms with Crippen LogP contribution in [0.25, 0.3) is 0 Å². The van der Waals surface area contributed by atoms with Gasteiger partial charge in [0.25, 0.3) is 0 Å². The zero-order valence-electron chi connectivity index (χ0n) is 78.5. The normalized spacial score (nSPS) is 12.9. The van der Waals surface area contributed by atoms with Crippen LogP contribution >= 0.6 is 11.8 Å². The van der Waals surface area contributed by atoms with Crippen molar-refractivity contribution in [3.8, 4) is 0 Å². The molecule has 0 saturated heterocycles. The molecule has 12 amide bonds. The van der Waals surface area contributed by atoms with Gasteiger partial charge in [0.2, 0.25) is 11.8 Å². The largest absolute Gasteiger partial charge is 0.465 e. The number of carbonyl (C=O) groups is 16. The van der Waals surface area contributed by atoms with Crippen molar-refractivity contribution in [3.05, 3.63) is 11.6 Å². The average molecular weight is 1900 g/mol. The van der Waals surface area contributed by atoms with Crippen LogP contribution in [-0.4, -0.2) is 377 Å². The summed E-state index contributed by atoms with van der Waals surface area (Å²) in [5.41, 5.74) is -1.08. The highest BCUT2D eigenvalue weighted by molar-refractivity contribution is 7.99. The van der Waals surface area contributed by atoms with Crippen molar-refractivity contribution in [3.63, 3.8) is 0 Å². The third kappa shape index (κ3) is 70.7. The summed E-state index contributed by atoms with van der Waals surface area (Å²) >= 11 is 1.49. The number of thioether (sulfide) groups is 1. The van der Waals surface area contributed by atoms with Crippen LogP contribution in [0.3, 0.4) is 0 Å². The Morgan fingerprint density at radius 3 is 1.25 bits per heavy atom. The van der Waals surface area contributed by atoms with Crippen molar-refractivity contribution >= 4 is 108 Å². The number of hydrogen-bond acceptors (Lipinski definition) is 38. The quantitative estimate of drug-likeness (QED) is 0.0180. The molecular weight excluding hydrogens is 1750 g/mol. The number of methoxy groups -OCH3 is 8. The molecule has 0 spiro atoms. The van der Waals surface area contributed by atoms with Gasteiger partial charge in [-0.05, 0) is 99.9 Å². The fourth-order valence-corrected chi connectivity index (χ4v) is 12.0. The Balaban J connectivity index is -0.000000771. The summed E-state index contributed by atoms with van der Waals surface area (Å²) in [7, 11) is 23.2. The molecule has 0 aliphatic heterocycles. The molecule has 0 heterocycles. The second-order valence-corrected chi connectivity index (χ2v) is 28.9. The Labute approximate surface area is 765 Å². The van der Waals surface area contributed by atoms with Crippen LogP contribution < -0.4 is 69.7 Å². The van der Waals surface area contributed by atoms with Gasteiger partial charge in [-0.25, -0.2) is 53.8 Å². The van der Waals surface area contributed by atoms with E-state index in [0.717, 1.165) is 32.3 Å². The summed E-state index contributed by atoms with van der Waals surface area (Å²) in [6.45, 7) is 5.59. The van der Waals surface area contributed by atoms with Crippen molar-refractivity contribution in [2.75, 3.05) is 250 Å². The highest BCUT2D eigenvalue weighted by Crippen LogP contribution is 2.39. The van der Waals surface area contributed by atoms with Crippen LogP contribution in [0.2, 0.25) is 0 Å². The second kappa shape index (κ2) is 84.4. The first-order chi connectivity index (χ1) is 62.3. The zero-order chi connectivity index (χ0) is 98.6. The Hall–Kier alpha value is -10.2. The maximum atomic E-state index is 12.5. The number of nitrogens with two attached hydrogens (primary N) is 1. The van der Waals surface area contributed by atoms with Crippen molar-refractivity contribution in [1.29, 1.82) is 0 Å². The summed E-state index contributed by atoms with van der Waals surface area (Å²) < 4.78 is 95.7. The molecule has 0 aromatic heterocycles. The van der Waals surface area contributed by atoms with E-state index in [-0.39, 0.29) is 152 Å². The number of hydrogen-bond donors (Lipinski definition) is 13. The molecule has 0 aromatic carbocycles. The molecule has 50 heteroatoms. The molecule has 0 bridgehead atoms. The Morgan fingerprint density at radius 1 is 0.415 bits per heavy atom. The number of unbranched alkanes of at least 4 members (excludes halogenated alkanes) is 2. The first kappa shape index (κ1) is 126. The monoisotopic (exact) mass is 1900 g/mol. The van der Waals surface area contributed by atoms with Crippen molar-refractivity contribution in [2.45, 2.75) is 147 Å². The molecule has 1 rings (SSSR count). The molecule has 1 aliphatic carbocycles. The minimum atomic E-state index is -1.15. The summed E-state index contributed by atoms with van der Waals surface area (Å²) in [5, 5.41) is 29.0. The average Bonchev–Trinajstić information content (AvgIpc) is 0.793. The summed E-state index contributed by atoms with van der Waals surface area (Å²) in [6, 6.07) is 0. The summed E-state index contributed by atoms with van der Waals surface area (Å²) in [6.07, 6.45) is -0.339. The van der Waals surface area contributed by atoms with Crippen LogP contribution in [0, 0.1) is 10.8 Å². The lowest BCUT2D eigenvalue weighted by Gasteiger charge is -2.34. The molecule has 3 atom stereocenters. The van der Waals surface area contributed by atoms with E-state index >= 15 is 0 Å². The molecule has 0 fully saturated rings. The fraction of sp³-hybridized carbons (Fsp3) is 0.775. The van der Waals surface area contributed by atoms with Crippen LogP contribution in [0.4, 0.5) is 47.9 Å². The Bertz CT molecular complexity index is 3060. The number of carbonyl (C=O) groups excluding carboxylic acids is 16. The molecule has 49 nitrogen and oxygen atoms in total. The van der Waals surface area contributed by atoms with Crippen LogP contribution in [0.5, 0.6) is 0 Å². The van der Waals surface area contributed by atoms with Gasteiger partial charge in [0.05, 0.1) is 65.4 Å². The van der Waals surface area contributed by atoms with Gasteiger partial charge in [0.15, 0.2) is 29.6 Å². The first-order valence-electron chi connectivity index (χ1n) is 41.8. The van der Waals surface area contributed by atoms with E-state index in [2.05, 4.69) is 78.1 Å². The number of rotatable bonds is 63. The van der Waals surface area contributed by atoms with E-state index in [1.54, 1.807) is 35.4 Å². The van der Waals surface area contributed by atoms with E-state index in [1.807, 2.05) is 0 Å². The number of ether oxygens (including phenoxy) is 19. The number of alkyl carbamates (subject to hydrolysis) is 10. The van der Waals surface area contributed by atoms with Gasteiger partial charge >= 0.3 is 66.9 Å². The minimum absolute atomic E-state index is 0.0000279. The van der Waals surface area contributed by atoms with Gasteiger partial charge in [-0.3, -0.25) is 28.8 Å². The molecule has 0 aromatic rings. The topological polar surface area (TPSA) is 628 Å². The molecule has 0 unspecified atom stereocenters. The van der Waals surface area contributed by atoms with Crippen molar-refractivity contribution < 1.29 is 172 Å². The third-order valence-corrected chi connectivity index (χ3v) is 18.8. The maximum absolute atomic E-state index is 12.5. The minimum Gasteiger partial charge on any atom is -0.465 e. The van der Waals surface area contributed by atoms with E-state index < -0.39 is 102 Å². The Kier molecular flexibility index (Phi) is 81.8. The zero-order valence-corrected chi connectivity index (χ0v) is 79.3. The van der Waals surface area contributed by atoms with Gasteiger partial charge in [-0.15, -0.1) is 0 Å². The highest BCUT2D eigenvalue weighted by Gasteiger charge is 2.43. The van der Waals surface area contributed by atoms with E-state index in [0.29, 0.717) is 102 Å². The van der Waals surface area contributed by atoms with E-state index in [4.69, 9.17) is 86.4 Å². The lowest BCUT2D eigenvalue weighted by atomic mass is 9.72. The predicted octanol–water partition coefficient (Wildman–Crippen LogP) is 2.92. The van der Waals surface area contributed by atoms with E-state index in [1.165, 1.54) is 103 Å². The number of esters is 1. The van der Waals surface area contributed by atoms with Gasteiger partial charge in [-0.2, -0.15) is 11.8 Å². The van der Waals surface area contributed by atoms with Gasteiger partial charge < -0.3 is 159 Å². The second-order valence-electron chi connectivity index (χ2n) is 27.8. The smallest absolute Gasteiger partial charge is 0.407 e. The van der Waals surface area contributed by atoms with Gasteiger partial charge in [0.1, 0.15) is 58.5 Å². The number of ketones is 3.